The average Bonchev–Trinajstić information content (AvgIpc) is 3.53. The smallest absolute Gasteiger partial charge is 0.225 e. The van der Waals surface area contributed by atoms with E-state index in [9.17, 15) is 0 Å². The maximum Gasteiger partial charge on any atom is 0.225 e. The van der Waals surface area contributed by atoms with E-state index in [0.717, 1.165) is 49.8 Å². The zero-order valence-corrected chi connectivity index (χ0v) is 18.2. The van der Waals surface area contributed by atoms with Gasteiger partial charge in [0.25, 0.3) is 0 Å². The van der Waals surface area contributed by atoms with Crippen LogP contribution < -0.4 is 4.90 Å². The third-order valence-electron chi connectivity index (χ3n) is 6.67. The molecule has 1 atom stereocenters. The van der Waals surface area contributed by atoms with E-state index >= 15 is 0 Å². The number of likely N-dealkylation sites (tertiary alicyclic amines) is 1. The number of anilines is 1. The number of hydrogen-bond donors (Lipinski definition) is 1. The zero-order chi connectivity index (χ0) is 20.9. The van der Waals surface area contributed by atoms with E-state index in [1.807, 2.05) is 18.5 Å². The molecule has 6 nitrogen and oxygen atoms in total. The first-order valence-electron chi connectivity index (χ1n) is 11.7. The molecule has 0 radical (unpaired) electrons. The molecule has 0 aliphatic carbocycles. The van der Waals surface area contributed by atoms with Crippen molar-refractivity contribution in [2.24, 2.45) is 0 Å². The Hall–Kier alpha value is -2.73. The van der Waals surface area contributed by atoms with Crippen molar-refractivity contribution < 1.29 is 0 Å². The zero-order valence-electron chi connectivity index (χ0n) is 18.2. The SMILES string of the molecule is c1ccc(CCCN2CCC[C@@H](c3[nH]ncc3-c3ccnc(N4CCCC4)n3)C2)cc1. The van der Waals surface area contributed by atoms with E-state index in [1.165, 1.54) is 49.9 Å². The van der Waals surface area contributed by atoms with Crippen LogP contribution in [0, 0.1) is 0 Å². The summed E-state index contributed by atoms with van der Waals surface area (Å²) in [5.41, 5.74) is 4.80. The van der Waals surface area contributed by atoms with E-state index in [-0.39, 0.29) is 0 Å². The van der Waals surface area contributed by atoms with Crippen molar-refractivity contribution in [3.63, 3.8) is 0 Å². The van der Waals surface area contributed by atoms with Gasteiger partial charge in [-0.05, 0) is 63.2 Å². The number of benzene rings is 1. The summed E-state index contributed by atoms with van der Waals surface area (Å²) < 4.78 is 0. The fraction of sp³-hybridized carbons (Fsp3) is 0.480. The minimum atomic E-state index is 0.480. The van der Waals surface area contributed by atoms with Crippen molar-refractivity contribution in [3.8, 4) is 11.3 Å². The van der Waals surface area contributed by atoms with Gasteiger partial charge in [-0.1, -0.05) is 30.3 Å². The largest absolute Gasteiger partial charge is 0.341 e. The molecule has 6 heteroatoms. The first-order valence-corrected chi connectivity index (χ1v) is 11.7. The van der Waals surface area contributed by atoms with E-state index in [4.69, 9.17) is 4.98 Å². The molecule has 4 heterocycles. The molecule has 0 unspecified atom stereocenters. The highest BCUT2D eigenvalue weighted by Gasteiger charge is 2.26. The summed E-state index contributed by atoms with van der Waals surface area (Å²) in [6.45, 7) is 5.56. The maximum atomic E-state index is 4.90. The number of rotatable bonds is 7. The fourth-order valence-corrected chi connectivity index (χ4v) is 5.03. The fourth-order valence-electron chi connectivity index (χ4n) is 5.03. The minimum Gasteiger partial charge on any atom is -0.341 e. The van der Waals surface area contributed by atoms with Crippen molar-refractivity contribution in [3.05, 3.63) is 60.0 Å². The van der Waals surface area contributed by atoms with E-state index in [0.29, 0.717) is 5.92 Å². The highest BCUT2D eigenvalue weighted by Crippen LogP contribution is 2.33. The van der Waals surface area contributed by atoms with E-state index in [1.54, 1.807) is 0 Å². The molecule has 0 spiro atoms. The lowest BCUT2D eigenvalue weighted by Crippen LogP contribution is -2.35. The maximum absolute atomic E-state index is 4.90. The highest BCUT2D eigenvalue weighted by molar-refractivity contribution is 5.63. The molecule has 2 fully saturated rings. The van der Waals surface area contributed by atoms with Crippen molar-refractivity contribution in [2.45, 2.75) is 44.4 Å². The van der Waals surface area contributed by atoms with Gasteiger partial charge in [0.15, 0.2) is 0 Å². The lowest BCUT2D eigenvalue weighted by Gasteiger charge is -2.32. The molecule has 1 aromatic carbocycles. The number of nitrogens with one attached hydrogen (secondary N) is 1. The second kappa shape index (κ2) is 9.60. The van der Waals surface area contributed by atoms with Gasteiger partial charge >= 0.3 is 0 Å². The quantitative estimate of drug-likeness (QED) is 0.623. The Balaban J connectivity index is 1.25. The molecule has 3 aromatic rings. The van der Waals surface area contributed by atoms with Gasteiger partial charge < -0.3 is 9.80 Å². The van der Waals surface area contributed by atoms with Gasteiger partial charge in [-0.25, -0.2) is 9.97 Å². The molecule has 2 saturated heterocycles. The van der Waals surface area contributed by atoms with Crippen LogP contribution in [0.5, 0.6) is 0 Å². The van der Waals surface area contributed by atoms with Crippen LogP contribution in [-0.2, 0) is 6.42 Å². The van der Waals surface area contributed by atoms with Gasteiger partial charge in [-0.2, -0.15) is 5.10 Å². The molecule has 0 bridgehead atoms. The Kier molecular flexibility index (Phi) is 6.25. The summed E-state index contributed by atoms with van der Waals surface area (Å²) in [6.07, 6.45) is 11.1. The molecule has 5 rings (SSSR count). The Morgan fingerprint density at radius 3 is 2.74 bits per heavy atom. The van der Waals surface area contributed by atoms with Gasteiger partial charge in [0.2, 0.25) is 5.95 Å². The topological polar surface area (TPSA) is 60.9 Å². The third kappa shape index (κ3) is 4.79. The van der Waals surface area contributed by atoms with Crippen molar-refractivity contribution in [1.82, 2.24) is 25.1 Å². The first kappa shape index (κ1) is 20.2. The van der Waals surface area contributed by atoms with Crippen LogP contribution >= 0.6 is 0 Å². The van der Waals surface area contributed by atoms with Crippen molar-refractivity contribution in [1.29, 1.82) is 0 Å². The van der Waals surface area contributed by atoms with Crippen LogP contribution in [0.4, 0.5) is 5.95 Å². The van der Waals surface area contributed by atoms with Gasteiger partial charge in [-0.3, -0.25) is 5.10 Å². The predicted molar refractivity (Wildman–Crippen MR) is 124 cm³/mol. The standard InChI is InChI=1S/C25H32N6/c1-2-8-20(9-3-1)10-6-14-30-15-7-11-21(19-30)24-22(18-27-29-24)23-12-13-26-25(28-23)31-16-4-5-17-31/h1-3,8-9,12-13,18,21H,4-7,10-11,14-17,19H2,(H,27,29)/t21-/m1/s1. The van der Waals surface area contributed by atoms with Crippen LogP contribution in [-0.4, -0.2) is 57.8 Å². The molecule has 31 heavy (non-hydrogen) atoms. The lowest BCUT2D eigenvalue weighted by molar-refractivity contribution is 0.204. The number of nitrogens with zero attached hydrogens (tertiary/aromatic N) is 5. The normalized spacial score (nSPS) is 19.7. The van der Waals surface area contributed by atoms with Crippen LogP contribution in [0.15, 0.2) is 48.8 Å². The second-order valence-electron chi connectivity index (χ2n) is 8.86. The summed E-state index contributed by atoms with van der Waals surface area (Å²) in [5.74, 6) is 1.33. The second-order valence-corrected chi connectivity index (χ2v) is 8.86. The number of aryl methyl sites for hydroxylation is 1. The Morgan fingerprint density at radius 1 is 1.00 bits per heavy atom. The molecule has 2 aliphatic rings. The Morgan fingerprint density at radius 2 is 1.87 bits per heavy atom. The summed E-state index contributed by atoms with van der Waals surface area (Å²) >= 11 is 0. The molecule has 0 saturated carbocycles. The van der Waals surface area contributed by atoms with E-state index in [2.05, 4.69) is 55.3 Å². The summed E-state index contributed by atoms with van der Waals surface area (Å²) in [6, 6.07) is 12.8. The summed E-state index contributed by atoms with van der Waals surface area (Å²) in [7, 11) is 0. The van der Waals surface area contributed by atoms with Crippen LogP contribution in [0.25, 0.3) is 11.3 Å². The lowest BCUT2D eigenvalue weighted by atomic mass is 9.91. The van der Waals surface area contributed by atoms with Gasteiger partial charge in [0.1, 0.15) is 0 Å². The number of H-pyrrole nitrogens is 1. The molecular weight excluding hydrogens is 384 g/mol. The van der Waals surface area contributed by atoms with Crippen LogP contribution in [0.2, 0.25) is 0 Å². The molecule has 0 amide bonds. The number of piperidine rings is 1. The summed E-state index contributed by atoms with van der Waals surface area (Å²) in [5, 5.41) is 7.73. The number of aromatic amines is 1. The molecular formula is C25H32N6. The van der Waals surface area contributed by atoms with Gasteiger partial charge in [-0.15, -0.1) is 0 Å². The molecule has 162 valence electrons. The Bertz CT molecular complexity index is 963. The Labute approximate surface area is 184 Å². The molecule has 2 aliphatic heterocycles. The third-order valence-corrected chi connectivity index (χ3v) is 6.67. The highest BCUT2D eigenvalue weighted by atomic mass is 15.3. The van der Waals surface area contributed by atoms with Crippen molar-refractivity contribution >= 4 is 5.95 Å². The van der Waals surface area contributed by atoms with Gasteiger partial charge in [0, 0.05) is 43.0 Å². The molecule has 2 aromatic heterocycles. The average molecular weight is 417 g/mol. The van der Waals surface area contributed by atoms with Crippen molar-refractivity contribution in [2.75, 3.05) is 37.6 Å². The van der Waals surface area contributed by atoms with E-state index < -0.39 is 0 Å². The number of aromatic nitrogens is 4. The number of hydrogen-bond acceptors (Lipinski definition) is 5. The van der Waals surface area contributed by atoms with Crippen LogP contribution in [0.3, 0.4) is 0 Å². The van der Waals surface area contributed by atoms with Crippen LogP contribution in [0.1, 0.15) is 49.3 Å². The monoisotopic (exact) mass is 416 g/mol. The van der Waals surface area contributed by atoms with Gasteiger partial charge in [0.05, 0.1) is 11.9 Å². The molecule has 1 N–H and O–H groups in total. The minimum absolute atomic E-state index is 0.480. The predicted octanol–water partition coefficient (Wildman–Crippen LogP) is 4.28. The first-order chi connectivity index (χ1) is 15.4. The summed E-state index contributed by atoms with van der Waals surface area (Å²) in [4.78, 5) is 14.3.